The van der Waals surface area contributed by atoms with Crippen molar-refractivity contribution in [3.8, 4) is 5.75 Å². The van der Waals surface area contributed by atoms with Gasteiger partial charge >= 0.3 is 12.1 Å². The first-order valence-electron chi connectivity index (χ1n) is 8.85. The molecule has 0 fully saturated rings. The summed E-state index contributed by atoms with van der Waals surface area (Å²) in [6, 6.07) is 14.7. The molecule has 3 rings (SSSR count). The second kappa shape index (κ2) is 8.59. The minimum absolute atomic E-state index is 0.0274. The van der Waals surface area contributed by atoms with Crippen LogP contribution in [0.4, 0.5) is 27.6 Å². The third-order valence-corrected chi connectivity index (χ3v) is 6.04. The molecule has 0 aromatic heterocycles. The molecule has 0 spiro atoms. The quantitative estimate of drug-likeness (QED) is 0.481. The van der Waals surface area contributed by atoms with Crippen molar-refractivity contribution in [2.24, 2.45) is 0 Å². The van der Waals surface area contributed by atoms with E-state index in [0.717, 1.165) is 0 Å². The molecular weight excluding hydrogens is 425 g/mol. The van der Waals surface area contributed by atoms with E-state index in [1.165, 1.54) is 37.4 Å². The summed E-state index contributed by atoms with van der Waals surface area (Å²) in [5.74, 6) is -5.63. The highest BCUT2D eigenvalue weighted by atomic mass is 32.2. The van der Waals surface area contributed by atoms with Gasteiger partial charge in [-0.3, -0.25) is 4.21 Å². The molecule has 0 saturated carbocycles. The summed E-state index contributed by atoms with van der Waals surface area (Å²) in [6.07, 6.45) is -5.81. The maximum atomic E-state index is 14.3. The van der Waals surface area contributed by atoms with Gasteiger partial charge in [-0.05, 0) is 41.1 Å². The van der Waals surface area contributed by atoms with Gasteiger partial charge in [-0.25, -0.2) is 0 Å². The minimum atomic E-state index is -5.81. The number of methoxy groups -OCH3 is 1. The van der Waals surface area contributed by atoms with E-state index in [1.54, 1.807) is 36.4 Å². The molecule has 0 bridgehead atoms. The van der Waals surface area contributed by atoms with Crippen LogP contribution in [0.2, 0.25) is 0 Å². The first-order valence-corrected chi connectivity index (χ1v) is 10.2. The van der Waals surface area contributed by atoms with E-state index in [4.69, 9.17) is 4.74 Å². The molecule has 0 aliphatic rings. The molecule has 0 aliphatic heterocycles. The van der Waals surface area contributed by atoms with Crippen molar-refractivity contribution < 1.29 is 30.9 Å². The number of rotatable bonds is 7. The SMILES string of the molecule is COc1ccc(N[C@H](CS(=O)c2cccc3ccccc23)C(F)(F)C(F)(F)F)cc1. The molecular formula is C21H18F5NO2S. The molecule has 3 aromatic rings. The van der Waals surface area contributed by atoms with Gasteiger partial charge in [0.1, 0.15) is 11.8 Å². The second-order valence-electron chi connectivity index (χ2n) is 6.54. The van der Waals surface area contributed by atoms with Gasteiger partial charge < -0.3 is 10.1 Å². The molecule has 1 N–H and O–H groups in total. The summed E-state index contributed by atoms with van der Waals surface area (Å²) < 4.78 is 85.7. The topological polar surface area (TPSA) is 38.3 Å². The van der Waals surface area contributed by atoms with Crippen LogP contribution in [0.3, 0.4) is 0 Å². The van der Waals surface area contributed by atoms with Gasteiger partial charge in [0.25, 0.3) is 0 Å². The number of nitrogens with one attached hydrogen (secondary N) is 1. The van der Waals surface area contributed by atoms with Crippen LogP contribution in [0.15, 0.2) is 71.6 Å². The molecule has 2 atom stereocenters. The number of halogens is 5. The normalized spacial score (nSPS) is 14.3. The Balaban J connectivity index is 1.94. The summed E-state index contributed by atoms with van der Waals surface area (Å²) in [7, 11) is -0.717. The largest absolute Gasteiger partial charge is 0.497 e. The zero-order valence-corrected chi connectivity index (χ0v) is 16.6. The van der Waals surface area contributed by atoms with Gasteiger partial charge in [0.15, 0.2) is 0 Å². The number of hydrogen-bond acceptors (Lipinski definition) is 3. The van der Waals surface area contributed by atoms with Gasteiger partial charge in [-0.1, -0.05) is 36.4 Å². The number of ether oxygens (including phenoxy) is 1. The summed E-state index contributed by atoms with van der Waals surface area (Å²) in [5, 5.41) is 3.46. The van der Waals surface area contributed by atoms with Crippen LogP contribution < -0.4 is 10.1 Å². The lowest BCUT2D eigenvalue weighted by atomic mass is 10.1. The fourth-order valence-electron chi connectivity index (χ4n) is 2.96. The van der Waals surface area contributed by atoms with Crippen molar-refractivity contribution in [1.29, 1.82) is 0 Å². The minimum Gasteiger partial charge on any atom is -0.497 e. The third-order valence-electron chi connectivity index (χ3n) is 4.56. The Morgan fingerprint density at radius 2 is 1.57 bits per heavy atom. The molecule has 0 radical (unpaired) electrons. The van der Waals surface area contributed by atoms with Crippen molar-refractivity contribution in [2.45, 2.75) is 23.0 Å². The van der Waals surface area contributed by atoms with Gasteiger partial charge in [-0.15, -0.1) is 0 Å². The molecule has 0 saturated heterocycles. The Hall–Kier alpha value is -2.68. The van der Waals surface area contributed by atoms with Crippen LogP contribution >= 0.6 is 0 Å². The molecule has 160 valence electrons. The van der Waals surface area contributed by atoms with E-state index in [0.29, 0.717) is 16.5 Å². The van der Waals surface area contributed by atoms with E-state index in [-0.39, 0.29) is 10.6 Å². The van der Waals surface area contributed by atoms with E-state index >= 15 is 0 Å². The lowest BCUT2D eigenvalue weighted by Crippen LogP contribution is -2.53. The highest BCUT2D eigenvalue weighted by Gasteiger charge is 2.62. The highest BCUT2D eigenvalue weighted by molar-refractivity contribution is 7.85. The van der Waals surface area contributed by atoms with E-state index < -0.39 is 34.7 Å². The second-order valence-corrected chi connectivity index (χ2v) is 8.00. The number of alkyl halides is 5. The number of fused-ring (bicyclic) bond motifs is 1. The predicted molar refractivity (Wildman–Crippen MR) is 107 cm³/mol. The monoisotopic (exact) mass is 443 g/mol. The summed E-state index contributed by atoms with van der Waals surface area (Å²) in [5.41, 5.74) is 0.0274. The number of anilines is 1. The van der Waals surface area contributed by atoms with E-state index in [2.05, 4.69) is 5.32 Å². The van der Waals surface area contributed by atoms with Crippen LogP contribution in [0, 0.1) is 0 Å². The van der Waals surface area contributed by atoms with Crippen LogP contribution in [0.5, 0.6) is 5.75 Å². The van der Waals surface area contributed by atoms with Gasteiger partial charge in [0.2, 0.25) is 0 Å². The van der Waals surface area contributed by atoms with Gasteiger partial charge in [-0.2, -0.15) is 22.0 Å². The van der Waals surface area contributed by atoms with E-state index in [1.807, 2.05) is 0 Å². The molecule has 3 nitrogen and oxygen atoms in total. The molecule has 0 amide bonds. The zero-order chi connectivity index (χ0) is 21.9. The van der Waals surface area contributed by atoms with Crippen LogP contribution in [-0.2, 0) is 10.8 Å². The predicted octanol–water partition coefficient (Wildman–Crippen LogP) is 5.63. The third kappa shape index (κ3) is 4.56. The highest BCUT2D eigenvalue weighted by Crippen LogP contribution is 2.40. The summed E-state index contributed by atoms with van der Waals surface area (Å²) >= 11 is 0. The zero-order valence-electron chi connectivity index (χ0n) is 15.7. The standard InChI is InChI=1S/C21H18F5NO2S/c1-29-16-11-9-15(10-12-16)27-19(20(22,23)21(24,25)26)13-30(28)18-8-4-6-14-5-2-3-7-17(14)18/h2-12,19,27H,13H2,1H3/t19-,30?/m1/s1. The Morgan fingerprint density at radius 1 is 0.933 bits per heavy atom. The van der Waals surface area contributed by atoms with Crippen LogP contribution in [-0.4, -0.2) is 35.2 Å². The van der Waals surface area contributed by atoms with Crippen molar-refractivity contribution in [2.75, 3.05) is 18.2 Å². The fourth-order valence-corrected chi connectivity index (χ4v) is 4.39. The molecule has 3 aromatic carbocycles. The fraction of sp³-hybridized carbons (Fsp3) is 0.238. The smallest absolute Gasteiger partial charge is 0.455 e. The van der Waals surface area contributed by atoms with Crippen molar-refractivity contribution in [1.82, 2.24) is 0 Å². The van der Waals surface area contributed by atoms with Gasteiger partial charge in [0, 0.05) is 10.6 Å². The van der Waals surface area contributed by atoms with E-state index in [9.17, 15) is 26.2 Å². The summed E-state index contributed by atoms with van der Waals surface area (Å²) in [4.78, 5) is 0.201. The maximum absolute atomic E-state index is 14.3. The first kappa shape index (κ1) is 22.0. The van der Waals surface area contributed by atoms with Crippen LogP contribution in [0.25, 0.3) is 10.8 Å². The Bertz CT molecular complexity index is 1030. The average Bonchev–Trinajstić information content (AvgIpc) is 2.72. The molecule has 1 unspecified atom stereocenters. The Labute approximate surface area is 172 Å². The average molecular weight is 443 g/mol. The Kier molecular flexibility index (Phi) is 6.30. The molecule has 30 heavy (non-hydrogen) atoms. The number of benzene rings is 3. The van der Waals surface area contributed by atoms with Crippen molar-refractivity contribution in [3.63, 3.8) is 0 Å². The lowest BCUT2D eigenvalue weighted by Gasteiger charge is -2.30. The molecule has 0 heterocycles. The van der Waals surface area contributed by atoms with Crippen molar-refractivity contribution >= 4 is 27.3 Å². The molecule has 9 heteroatoms. The summed E-state index contributed by atoms with van der Waals surface area (Å²) in [6.45, 7) is 0. The number of hydrogen-bond donors (Lipinski definition) is 1. The lowest BCUT2D eigenvalue weighted by molar-refractivity contribution is -0.285. The molecule has 0 aliphatic carbocycles. The van der Waals surface area contributed by atoms with Crippen molar-refractivity contribution in [3.05, 3.63) is 66.7 Å². The Morgan fingerprint density at radius 3 is 2.20 bits per heavy atom. The van der Waals surface area contributed by atoms with Crippen LogP contribution in [0.1, 0.15) is 0 Å². The first-order chi connectivity index (χ1) is 14.1. The van der Waals surface area contributed by atoms with Gasteiger partial charge in [0.05, 0.1) is 23.7 Å². The maximum Gasteiger partial charge on any atom is 0.455 e.